The first-order valence-electron chi connectivity index (χ1n) is 8.26. The van der Waals surface area contributed by atoms with Gasteiger partial charge in [-0.05, 0) is 6.07 Å². The van der Waals surface area contributed by atoms with E-state index in [-0.39, 0.29) is 11.2 Å². The summed E-state index contributed by atoms with van der Waals surface area (Å²) in [6.07, 6.45) is 3.47. The normalized spacial score (nSPS) is 15.0. The average molecular weight is 338 g/mol. The van der Waals surface area contributed by atoms with E-state index in [9.17, 15) is 5.26 Å². The fourth-order valence-electron chi connectivity index (χ4n) is 2.68. The third kappa shape index (κ3) is 3.54. The van der Waals surface area contributed by atoms with Crippen molar-refractivity contribution in [2.24, 2.45) is 0 Å². The standard InChI is InChI=1S/C18H22N6O/c1-18(2,3)15-8-13(14(9-19)16(20)23-15)12-10-21-17(22-11-12)24-4-6-25-7-5-24/h8,10-11H,4-7H2,1-3H3,(H2,20,23). The molecule has 0 radical (unpaired) electrons. The number of nitrogen functional groups attached to an aromatic ring is 1. The van der Waals surface area contributed by atoms with Crippen molar-refractivity contribution >= 4 is 11.8 Å². The quantitative estimate of drug-likeness (QED) is 0.895. The molecule has 130 valence electrons. The Balaban J connectivity index is 2.00. The number of ether oxygens (including phenoxy) is 1. The number of anilines is 2. The molecule has 0 atom stereocenters. The summed E-state index contributed by atoms with van der Waals surface area (Å²) in [5, 5.41) is 9.48. The van der Waals surface area contributed by atoms with Gasteiger partial charge in [0.1, 0.15) is 17.5 Å². The zero-order valence-corrected chi connectivity index (χ0v) is 14.8. The molecule has 1 saturated heterocycles. The summed E-state index contributed by atoms with van der Waals surface area (Å²) in [6.45, 7) is 9.09. The van der Waals surface area contributed by atoms with Gasteiger partial charge < -0.3 is 15.4 Å². The number of nitrogens with zero attached hydrogens (tertiary/aromatic N) is 5. The van der Waals surface area contributed by atoms with Crippen molar-refractivity contribution in [3.63, 3.8) is 0 Å². The number of aromatic nitrogens is 3. The van der Waals surface area contributed by atoms with Gasteiger partial charge >= 0.3 is 0 Å². The highest BCUT2D eigenvalue weighted by Crippen LogP contribution is 2.31. The van der Waals surface area contributed by atoms with Crippen LogP contribution in [0.4, 0.5) is 11.8 Å². The highest BCUT2D eigenvalue weighted by atomic mass is 16.5. The van der Waals surface area contributed by atoms with Crippen molar-refractivity contribution in [3.8, 4) is 17.2 Å². The molecular formula is C18H22N6O. The number of hydrogen-bond donors (Lipinski definition) is 1. The van der Waals surface area contributed by atoms with E-state index in [2.05, 4.69) is 46.7 Å². The summed E-state index contributed by atoms with van der Waals surface area (Å²) in [5.74, 6) is 0.908. The van der Waals surface area contributed by atoms with E-state index in [4.69, 9.17) is 10.5 Å². The van der Waals surface area contributed by atoms with Crippen LogP contribution in [0.3, 0.4) is 0 Å². The van der Waals surface area contributed by atoms with Crippen molar-refractivity contribution < 1.29 is 4.74 Å². The molecule has 0 spiro atoms. The lowest BCUT2D eigenvalue weighted by atomic mass is 9.89. The van der Waals surface area contributed by atoms with Crippen LogP contribution in [0, 0.1) is 11.3 Å². The smallest absolute Gasteiger partial charge is 0.225 e. The van der Waals surface area contributed by atoms with E-state index in [1.807, 2.05) is 6.07 Å². The molecule has 7 nitrogen and oxygen atoms in total. The first-order valence-corrected chi connectivity index (χ1v) is 8.26. The summed E-state index contributed by atoms with van der Waals surface area (Å²) in [5.41, 5.74) is 8.50. The third-order valence-electron chi connectivity index (χ3n) is 4.17. The van der Waals surface area contributed by atoms with Gasteiger partial charge in [0.2, 0.25) is 5.95 Å². The Labute approximate surface area is 147 Å². The second kappa shape index (κ2) is 6.65. The Hall–Kier alpha value is -2.72. The van der Waals surface area contributed by atoms with Crippen molar-refractivity contribution in [1.29, 1.82) is 5.26 Å². The van der Waals surface area contributed by atoms with Gasteiger partial charge in [-0.25, -0.2) is 15.0 Å². The molecule has 0 bridgehead atoms. The van der Waals surface area contributed by atoms with Gasteiger partial charge in [0.05, 0.1) is 13.2 Å². The monoisotopic (exact) mass is 338 g/mol. The van der Waals surface area contributed by atoms with Gasteiger partial charge in [0.25, 0.3) is 0 Å². The van der Waals surface area contributed by atoms with E-state index in [0.29, 0.717) is 30.3 Å². The maximum atomic E-state index is 9.48. The molecule has 0 unspecified atom stereocenters. The van der Waals surface area contributed by atoms with E-state index in [1.54, 1.807) is 12.4 Å². The predicted molar refractivity (Wildman–Crippen MR) is 96.1 cm³/mol. The Kier molecular flexibility index (Phi) is 4.55. The van der Waals surface area contributed by atoms with Crippen LogP contribution < -0.4 is 10.6 Å². The van der Waals surface area contributed by atoms with Crippen LogP contribution in [0.1, 0.15) is 32.0 Å². The fraction of sp³-hybridized carbons (Fsp3) is 0.444. The molecule has 1 aliphatic rings. The van der Waals surface area contributed by atoms with E-state index in [0.717, 1.165) is 24.3 Å². The second-order valence-corrected chi connectivity index (χ2v) is 7.05. The van der Waals surface area contributed by atoms with E-state index < -0.39 is 0 Å². The highest BCUT2D eigenvalue weighted by Gasteiger charge is 2.21. The van der Waals surface area contributed by atoms with Gasteiger partial charge in [-0.3, -0.25) is 0 Å². The number of rotatable bonds is 2. The minimum Gasteiger partial charge on any atom is -0.383 e. The molecule has 3 rings (SSSR count). The van der Waals surface area contributed by atoms with Crippen LogP contribution in [0.5, 0.6) is 0 Å². The summed E-state index contributed by atoms with van der Waals surface area (Å²) in [7, 11) is 0. The van der Waals surface area contributed by atoms with Gasteiger partial charge in [-0.15, -0.1) is 0 Å². The largest absolute Gasteiger partial charge is 0.383 e. The number of pyridine rings is 1. The Morgan fingerprint density at radius 2 is 1.84 bits per heavy atom. The number of morpholine rings is 1. The average Bonchev–Trinajstić information content (AvgIpc) is 2.61. The first-order chi connectivity index (χ1) is 11.9. The van der Waals surface area contributed by atoms with E-state index >= 15 is 0 Å². The molecule has 0 saturated carbocycles. The summed E-state index contributed by atoms with van der Waals surface area (Å²) >= 11 is 0. The molecule has 25 heavy (non-hydrogen) atoms. The van der Waals surface area contributed by atoms with Crippen LogP contribution in [0.25, 0.3) is 11.1 Å². The van der Waals surface area contributed by atoms with Gasteiger partial charge in [0.15, 0.2) is 0 Å². The zero-order valence-electron chi connectivity index (χ0n) is 14.8. The van der Waals surface area contributed by atoms with Gasteiger partial charge in [-0.1, -0.05) is 20.8 Å². The second-order valence-electron chi connectivity index (χ2n) is 7.05. The zero-order chi connectivity index (χ0) is 18.0. The number of nitriles is 1. The SMILES string of the molecule is CC(C)(C)c1cc(-c2cnc(N3CCOCC3)nc2)c(C#N)c(N)n1. The summed E-state index contributed by atoms with van der Waals surface area (Å²) in [6, 6.07) is 4.05. The van der Waals surface area contributed by atoms with Crippen molar-refractivity contribution in [2.75, 3.05) is 36.9 Å². The summed E-state index contributed by atoms with van der Waals surface area (Å²) in [4.78, 5) is 15.4. The Morgan fingerprint density at radius 3 is 2.40 bits per heavy atom. The predicted octanol–water partition coefficient (Wildman–Crippen LogP) is 2.13. The van der Waals surface area contributed by atoms with Crippen molar-refractivity contribution in [1.82, 2.24) is 15.0 Å². The summed E-state index contributed by atoms with van der Waals surface area (Å²) < 4.78 is 5.35. The highest BCUT2D eigenvalue weighted by molar-refractivity contribution is 5.75. The molecule has 1 aliphatic heterocycles. The van der Waals surface area contributed by atoms with Crippen LogP contribution >= 0.6 is 0 Å². The molecule has 2 aromatic heterocycles. The molecule has 3 heterocycles. The Bertz CT molecular complexity index is 798. The van der Waals surface area contributed by atoms with Gasteiger partial charge in [-0.2, -0.15) is 5.26 Å². The lowest BCUT2D eigenvalue weighted by Gasteiger charge is -2.26. The minimum absolute atomic E-state index is 0.175. The van der Waals surface area contributed by atoms with Crippen LogP contribution in [0.15, 0.2) is 18.5 Å². The topological polar surface area (TPSA) is 101 Å². The number of nitrogens with two attached hydrogens (primary N) is 1. The van der Waals surface area contributed by atoms with Gasteiger partial charge in [0, 0.05) is 47.7 Å². The van der Waals surface area contributed by atoms with Crippen LogP contribution in [0.2, 0.25) is 0 Å². The molecule has 7 heteroatoms. The Morgan fingerprint density at radius 1 is 1.20 bits per heavy atom. The molecule has 1 fully saturated rings. The lowest BCUT2D eigenvalue weighted by molar-refractivity contribution is 0.122. The third-order valence-corrected chi connectivity index (χ3v) is 4.17. The van der Waals surface area contributed by atoms with Crippen molar-refractivity contribution in [2.45, 2.75) is 26.2 Å². The molecule has 0 aliphatic carbocycles. The molecule has 0 amide bonds. The maximum absolute atomic E-state index is 9.48. The van der Waals surface area contributed by atoms with Crippen molar-refractivity contribution in [3.05, 3.63) is 29.7 Å². The van der Waals surface area contributed by atoms with E-state index in [1.165, 1.54) is 0 Å². The van der Waals surface area contributed by atoms with Crippen LogP contribution in [-0.4, -0.2) is 41.3 Å². The number of hydrogen-bond acceptors (Lipinski definition) is 7. The maximum Gasteiger partial charge on any atom is 0.225 e. The molecule has 0 aromatic carbocycles. The molecule has 2 N–H and O–H groups in total. The fourth-order valence-corrected chi connectivity index (χ4v) is 2.68. The lowest BCUT2D eigenvalue weighted by Crippen LogP contribution is -2.37. The van der Waals surface area contributed by atoms with Crippen LogP contribution in [-0.2, 0) is 10.2 Å². The minimum atomic E-state index is -0.175. The molecular weight excluding hydrogens is 316 g/mol. The molecule has 2 aromatic rings. The first kappa shape index (κ1) is 17.1.